The van der Waals surface area contributed by atoms with Crippen LogP contribution in [0.4, 0.5) is 0 Å². The number of nitrogens with zero attached hydrogens (tertiary/aromatic N) is 2. The van der Waals surface area contributed by atoms with E-state index >= 15 is 0 Å². The van der Waals surface area contributed by atoms with Crippen molar-refractivity contribution >= 4 is 0 Å². The molecule has 1 N–H and O–H groups in total. The summed E-state index contributed by atoms with van der Waals surface area (Å²) in [4.78, 5) is 4.46. The lowest BCUT2D eigenvalue weighted by Crippen LogP contribution is -2.34. The van der Waals surface area contributed by atoms with Crippen LogP contribution in [0.15, 0.2) is 12.4 Å². The van der Waals surface area contributed by atoms with E-state index in [9.17, 15) is 0 Å². The van der Waals surface area contributed by atoms with Crippen LogP contribution in [0.5, 0.6) is 0 Å². The molecule has 1 heterocycles. The quantitative estimate of drug-likeness (QED) is 0.828. The molecular weight excluding hydrogens is 246 g/mol. The molecule has 1 unspecified atom stereocenters. The average Bonchev–Trinajstić information content (AvgIpc) is 2.65. The van der Waals surface area contributed by atoms with Gasteiger partial charge in [0, 0.05) is 31.9 Å². The molecule has 114 valence electrons. The Morgan fingerprint density at radius 1 is 1.30 bits per heavy atom. The van der Waals surface area contributed by atoms with Crippen molar-refractivity contribution in [2.24, 2.45) is 23.8 Å². The smallest absolute Gasteiger partial charge is 0.108 e. The molecule has 3 heteroatoms. The Balaban J connectivity index is 2.00. The maximum Gasteiger partial charge on any atom is 0.108 e. The summed E-state index contributed by atoms with van der Waals surface area (Å²) in [6.45, 7) is 13.0. The lowest BCUT2D eigenvalue weighted by Gasteiger charge is -2.21. The van der Waals surface area contributed by atoms with Crippen LogP contribution >= 0.6 is 0 Å². The predicted molar refractivity (Wildman–Crippen MR) is 84.7 cm³/mol. The van der Waals surface area contributed by atoms with Crippen molar-refractivity contribution in [3.05, 3.63) is 18.2 Å². The van der Waals surface area contributed by atoms with Crippen LogP contribution in [0.25, 0.3) is 0 Å². The van der Waals surface area contributed by atoms with E-state index in [4.69, 9.17) is 0 Å². The minimum Gasteiger partial charge on any atom is -0.338 e. The van der Waals surface area contributed by atoms with Gasteiger partial charge in [-0.15, -0.1) is 0 Å². The first-order chi connectivity index (χ1) is 9.32. The summed E-state index contributed by atoms with van der Waals surface area (Å²) in [6.07, 6.45) is 7.38. The van der Waals surface area contributed by atoms with Gasteiger partial charge in [-0.1, -0.05) is 34.6 Å². The van der Waals surface area contributed by atoms with Gasteiger partial charge in [0.25, 0.3) is 0 Å². The Labute approximate surface area is 124 Å². The fourth-order valence-electron chi connectivity index (χ4n) is 3.89. The van der Waals surface area contributed by atoms with Crippen molar-refractivity contribution in [2.45, 2.75) is 59.9 Å². The third-order valence-corrected chi connectivity index (χ3v) is 5.79. The van der Waals surface area contributed by atoms with E-state index < -0.39 is 0 Å². The summed E-state index contributed by atoms with van der Waals surface area (Å²) in [5, 5.41) is 3.79. The van der Waals surface area contributed by atoms with Gasteiger partial charge < -0.3 is 9.88 Å². The highest BCUT2D eigenvalue weighted by Crippen LogP contribution is 2.69. The molecule has 0 aliphatic heterocycles. The van der Waals surface area contributed by atoms with Crippen molar-refractivity contribution in [2.75, 3.05) is 6.54 Å². The number of aryl methyl sites for hydroxylation is 2. The standard InChI is InChI=1S/C17H31N3/c1-7-10-18-13(15-16(2,3)17(15,4)5)8-9-14-19-11-12-20(14)6/h11-13,15,18H,7-10H2,1-6H3. The Morgan fingerprint density at radius 2 is 1.95 bits per heavy atom. The van der Waals surface area contributed by atoms with E-state index in [2.05, 4.69) is 56.5 Å². The summed E-state index contributed by atoms with van der Waals surface area (Å²) < 4.78 is 2.14. The molecule has 1 atom stereocenters. The van der Waals surface area contributed by atoms with Crippen LogP contribution in [-0.2, 0) is 13.5 Å². The number of imidazole rings is 1. The fourth-order valence-corrected chi connectivity index (χ4v) is 3.89. The average molecular weight is 277 g/mol. The zero-order valence-corrected chi connectivity index (χ0v) is 14.0. The lowest BCUT2D eigenvalue weighted by molar-refractivity contribution is 0.374. The molecule has 0 radical (unpaired) electrons. The molecule has 0 spiro atoms. The van der Waals surface area contributed by atoms with Crippen molar-refractivity contribution < 1.29 is 0 Å². The van der Waals surface area contributed by atoms with Crippen LogP contribution in [0.3, 0.4) is 0 Å². The Bertz CT molecular complexity index is 431. The summed E-state index contributed by atoms with van der Waals surface area (Å²) in [6, 6.07) is 0.608. The van der Waals surface area contributed by atoms with Gasteiger partial charge in [0.15, 0.2) is 0 Å². The van der Waals surface area contributed by atoms with Crippen molar-refractivity contribution in [1.82, 2.24) is 14.9 Å². The third kappa shape index (κ3) is 2.65. The highest BCUT2D eigenvalue weighted by Gasteiger charge is 2.66. The van der Waals surface area contributed by atoms with Gasteiger partial charge >= 0.3 is 0 Å². The summed E-state index contributed by atoms with van der Waals surface area (Å²) in [5.41, 5.74) is 0.889. The van der Waals surface area contributed by atoms with E-state index in [0.717, 1.165) is 18.9 Å². The lowest BCUT2D eigenvalue weighted by atomic mass is 9.99. The van der Waals surface area contributed by atoms with Crippen LogP contribution in [0, 0.1) is 16.7 Å². The number of nitrogens with one attached hydrogen (secondary N) is 1. The topological polar surface area (TPSA) is 29.9 Å². The fraction of sp³-hybridized carbons (Fsp3) is 0.824. The van der Waals surface area contributed by atoms with Gasteiger partial charge in [-0.3, -0.25) is 0 Å². The number of hydrogen-bond donors (Lipinski definition) is 1. The summed E-state index contributed by atoms with van der Waals surface area (Å²) >= 11 is 0. The van der Waals surface area contributed by atoms with Crippen LogP contribution < -0.4 is 5.32 Å². The van der Waals surface area contributed by atoms with Gasteiger partial charge in [0.1, 0.15) is 5.82 Å². The van der Waals surface area contributed by atoms with Crippen LogP contribution in [0.1, 0.15) is 53.3 Å². The molecule has 0 bridgehead atoms. The number of aromatic nitrogens is 2. The molecule has 1 saturated carbocycles. The Hall–Kier alpha value is -0.830. The van der Waals surface area contributed by atoms with Crippen molar-refractivity contribution in [3.8, 4) is 0 Å². The Kier molecular flexibility index (Phi) is 4.29. The minimum atomic E-state index is 0.444. The zero-order valence-electron chi connectivity index (χ0n) is 14.0. The highest BCUT2D eigenvalue weighted by molar-refractivity contribution is 5.16. The summed E-state index contributed by atoms with van der Waals surface area (Å²) in [5.74, 6) is 1.96. The molecule has 3 nitrogen and oxygen atoms in total. The molecule has 1 aliphatic carbocycles. The molecule has 0 amide bonds. The van der Waals surface area contributed by atoms with Crippen LogP contribution in [0.2, 0.25) is 0 Å². The molecule has 1 aliphatic rings. The molecule has 1 aromatic rings. The van der Waals surface area contributed by atoms with E-state index in [0.29, 0.717) is 16.9 Å². The minimum absolute atomic E-state index is 0.444. The number of rotatable bonds is 7. The molecular formula is C17H31N3. The van der Waals surface area contributed by atoms with Gasteiger partial charge in [-0.05, 0) is 36.1 Å². The van der Waals surface area contributed by atoms with E-state index in [1.165, 1.54) is 18.7 Å². The van der Waals surface area contributed by atoms with Gasteiger partial charge in [0.05, 0.1) is 0 Å². The monoisotopic (exact) mass is 277 g/mol. The Morgan fingerprint density at radius 3 is 2.40 bits per heavy atom. The molecule has 0 saturated heterocycles. The molecule has 20 heavy (non-hydrogen) atoms. The van der Waals surface area contributed by atoms with Crippen LogP contribution in [-0.4, -0.2) is 22.1 Å². The first kappa shape index (κ1) is 15.6. The predicted octanol–water partition coefficient (Wildman–Crippen LogP) is 3.40. The first-order valence-corrected chi connectivity index (χ1v) is 8.02. The maximum atomic E-state index is 4.46. The van der Waals surface area contributed by atoms with E-state index in [-0.39, 0.29) is 0 Å². The second kappa shape index (κ2) is 5.51. The maximum absolute atomic E-state index is 4.46. The molecule has 1 fully saturated rings. The second-order valence-electron chi connectivity index (χ2n) is 7.47. The van der Waals surface area contributed by atoms with Gasteiger partial charge in [0.2, 0.25) is 0 Å². The van der Waals surface area contributed by atoms with E-state index in [1.807, 2.05) is 12.4 Å². The van der Waals surface area contributed by atoms with Crippen molar-refractivity contribution in [1.29, 1.82) is 0 Å². The normalized spacial score (nSPS) is 21.9. The van der Waals surface area contributed by atoms with Crippen molar-refractivity contribution in [3.63, 3.8) is 0 Å². The largest absolute Gasteiger partial charge is 0.338 e. The second-order valence-corrected chi connectivity index (χ2v) is 7.47. The highest BCUT2D eigenvalue weighted by atomic mass is 15.0. The van der Waals surface area contributed by atoms with E-state index in [1.54, 1.807) is 0 Å². The van der Waals surface area contributed by atoms with Gasteiger partial charge in [-0.2, -0.15) is 0 Å². The molecule has 0 aromatic carbocycles. The first-order valence-electron chi connectivity index (χ1n) is 8.02. The SMILES string of the molecule is CCCNC(CCc1nccn1C)C1C(C)(C)C1(C)C. The van der Waals surface area contributed by atoms with Gasteiger partial charge in [-0.25, -0.2) is 4.98 Å². The molecule has 2 rings (SSSR count). The number of hydrogen-bond acceptors (Lipinski definition) is 2. The molecule has 1 aromatic heterocycles. The zero-order chi connectivity index (χ0) is 15.0. The summed E-state index contributed by atoms with van der Waals surface area (Å²) in [7, 11) is 2.09. The third-order valence-electron chi connectivity index (χ3n) is 5.79.